The number of aliphatic hydroxyl groups is 1. The Hall–Kier alpha value is -0.580. The first-order valence-corrected chi connectivity index (χ1v) is 6.84. The van der Waals surface area contributed by atoms with E-state index in [0.29, 0.717) is 24.5 Å². The van der Waals surface area contributed by atoms with E-state index in [0.717, 1.165) is 24.4 Å². The molecule has 0 fully saturated rings. The van der Waals surface area contributed by atoms with Gasteiger partial charge in [-0.1, -0.05) is 25.4 Å². The van der Waals surface area contributed by atoms with Gasteiger partial charge in [0.05, 0.1) is 28.6 Å². The SMILES string of the molecule is CCc1nn(CC)c(CC(O)(CC)COC)c1Cl. The number of nitrogens with zero attached hydrogens (tertiary/aromatic N) is 2. The van der Waals surface area contributed by atoms with E-state index in [-0.39, 0.29) is 0 Å². The molecule has 1 aromatic rings. The second kappa shape index (κ2) is 6.55. The van der Waals surface area contributed by atoms with Crippen molar-refractivity contribution < 1.29 is 9.84 Å². The van der Waals surface area contributed by atoms with Gasteiger partial charge in [0, 0.05) is 20.1 Å². The highest BCUT2D eigenvalue weighted by Crippen LogP contribution is 2.27. The lowest BCUT2D eigenvalue weighted by atomic mass is 9.95. The maximum absolute atomic E-state index is 10.5. The Morgan fingerprint density at radius 3 is 2.50 bits per heavy atom. The quantitative estimate of drug-likeness (QED) is 0.831. The Bertz CT molecular complexity index is 393. The van der Waals surface area contributed by atoms with E-state index in [2.05, 4.69) is 5.10 Å². The molecule has 1 unspecified atom stereocenters. The Labute approximate surface area is 114 Å². The minimum atomic E-state index is -0.879. The molecule has 0 aromatic carbocycles. The van der Waals surface area contributed by atoms with E-state index in [1.165, 1.54) is 0 Å². The molecule has 0 aliphatic heterocycles. The fourth-order valence-electron chi connectivity index (χ4n) is 2.04. The van der Waals surface area contributed by atoms with Crippen molar-refractivity contribution in [3.8, 4) is 0 Å². The summed E-state index contributed by atoms with van der Waals surface area (Å²) in [7, 11) is 1.59. The van der Waals surface area contributed by atoms with Crippen molar-refractivity contribution in [2.45, 2.75) is 52.2 Å². The standard InChI is InChI=1S/C13H23ClN2O2/c1-5-10-12(14)11(16(7-3)15-10)8-13(17,6-2)9-18-4/h17H,5-9H2,1-4H3. The van der Waals surface area contributed by atoms with Crippen LogP contribution in [0.15, 0.2) is 0 Å². The largest absolute Gasteiger partial charge is 0.387 e. The molecule has 0 amide bonds. The zero-order chi connectivity index (χ0) is 13.8. The van der Waals surface area contributed by atoms with Gasteiger partial charge >= 0.3 is 0 Å². The highest BCUT2D eigenvalue weighted by Gasteiger charge is 2.29. The maximum Gasteiger partial charge on any atom is 0.0932 e. The van der Waals surface area contributed by atoms with Gasteiger partial charge in [0.15, 0.2) is 0 Å². The Morgan fingerprint density at radius 2 is 2.06 bits per heavy atom. The summed E-state index contributed by atoms with van der Waals surface area (Å²) in [4.78, 5) is 0. The van der Waals surface area contributed by atoms with Gasteiger partial charge < -0.3 is 9.84 Å². The molecule has 0 aliphatic carbocycles. The van der Waals surface area contributed by atoms with Crippen molar-refractivity contribution in [2.75, 3.05) is 13.7 Å². The maximum atomic E-state index is 10.5. The molecule has 0 saturated heterocycles. The van der Waals surface area contributed by atoms with Gasteiger partial charge in [0.25, 0.3) is 0 Å². The Morgan fingerprint density at radius 1 is 1.39 bits per heavy atom. The molecule has 5 heteroatoms. The van der Waals surface area contributed by atoms with Crippen LogP contribution in [-0.4, -0.2) is 34.2 Å². The zero-order valence-electron chi connectivity index (χ0n) is 11.7. The molecular formula is C13H23ClN2O2. The third kappa shape index (κ3) is 3.25. The van der Waals surface area contributed by atoms with Crippen molar-refractivity contribution in [3.63, 3.8) is 0 Å². The number of aromatic nitrogens is 2. The van der Waals surface area contributed by atoms with E-state index in [9.17, 15) is 5.11 Å². The van der Waals surface area contributed by atoms with Gasteiger partial charge in [-0.25, -0.2) is 0 Å². The van der Waals surface area contributed by atoms with Gasteiger partial charge in [0.1, 0.15) is 0 Å². The predicted molar refractivity (Wildman–Crippen MR) is 73.1 cm³/mol. The Balaban J connectivity index is 3.05. The summed E-state index contributed by atoms with van der Waals surface area (Å²) in [5.74, 6) is 0. The number of halogens is 1. The molecule has 0 saturated carbocycles. The van der Waals surface area contributed by atoms with Crippen LogP contribution in [0.2, 0.25) is 5.02 Å². The van der Waals surface area contributed by atoms with Crippen molar-refractivity contribution in [3.05, 3.63) is 16.4 Å². The second-order valence-electron chi connectivity index (χ2n) is 4.56. The van der Waals surface area contributed by atoms with E-state index in [1.54, 1.807) is 7.11 Å². The van der Waals surface area contributed by atoms with E-state index in [4.69, 9.17) is 16.3 Å². The van der Waals surface area contributed by atoms with Gasteiger partial charge in [-0.2, -0.15) is 5.10 Å². The number of rotatable bonds is 7. The van der Waals surface area contributed by atoms with Gasteiger partial charge in [0.2, 0.25) is 0 Å². The van der Waals surface area contributed by atoms with Crippen LogP contribution in [0, 0.1) is 0 Å². The second-order valence-corrected chi connectivity index (χ2v) is 4.94. The topological polar surface area (TPSA) is 47.3 Å². The summed E-state index contributed by atoms with van der Waals surface area (Å²) in [5.41, 5.74) is 0.915. The minimum absolute atomic E-state index is 0.302. The first kappa shape index (κ1) is 15.5. The van der Waals surface area contributed by atoms with E-state index < -0.39 is 5.60 Å². The minimum Gasteiger partial charge on any atom is -0.387 e. The molecular weight excluding hydrogens is 252 g/mol. The van der Waals surface area contributed by atoms with E-state index in [1.807, 2.05) is 25.5 Å². The third-order valence-corrected chi connectivity index (χ3v) is 3.70. The van der Waals surface area contributed by atoms with Crippen LogP contribution >= 0.6 is 11.6 Å². The number of ether oxygens (including phenoxy) is 1. The molecule has 1 atom stereocenters. The predicted octanol–water partition coefficient (Wildman–Crippen LogP) is 2.45. The highest BCUT2D eigenvalue weighted by molar-refractivity contribution is 6.31. The average molecular weight is 275 g/mol. The fraction of sp³-hybridized carbons (Fsp3) is 0.769. The molecule has 104 valence electrons. The molecule has 1 aromatic heterocycles. The van der Waals surface area contributed by atoms with Gasteiger partial charge in [-0.15, -0.1) is 0 Å². The van der Waals surface area contributed by atoms with Crippen LogP contribution in [0.5, 0.6) is 0 Å². The lowest BCUT2D eigenvalue weighted by Gasteiger charge is -2.26. The molecule has 1 rings (SSSR count). The fourth-order valence-corrected chi connectivity index (χ4v) is 2.38. The number of methoxy groups -OCH3 is 1. The summed E-state index contributed by atoms with van der Waals surface area (Å²) in [5, 5.41) is 15.6. The van der Waals surface area contributed by atoms with Crippen LogP contribution in [0.25, 0.3) is 0 Å². The lowest BCUT2D eigenvalue weighted by Crippen LogP contribution is -2.36. The first-order valence-electron chi connectivity index (χ1n) is 6.46. The summed E-state index contributed by atoms with van der Waals surface area (Å²) in [6.45, 7) is 7.05. The number of hydrogen-bond acceptors (Lipinski definition) is 3. The zero-order valence-corrected chi connectivity index (χ0v) is 12.4. The van der Waals surface area contributed by atoms with Crippen LogP contribution in [0.4, 0.5) is 0 Å². The van der Waals surface area contributed by atoms with Crippen LogP contribution in [0.3, 0.4) is 0 Å². The van der Waals surface area contributed by atoms with Crippen LogP contribution in [0.1, 0.15) is 38.6 Å². The molecule has 0 radical (unpaired) electrons. The summed E-state index contributed by atoms with van der Waals surface area (Å²) < 4.78 is 6.97. The summed E-state index contributed by atoms with van der Waals surface area (Å²) >= 11 is 6.34. The van der Waals surface area contributed by atoms with Crippen LogP contribution in [-0.2, 0) is 24.1 Å². The normalized spacial score (nSPS) is 14.8. The molecule has 0 spiro atoms. The molecule has 0 bridgehead atoms. The number of hydrogen-bond donors (Lipinski definition) is 1. The molecule has 1 N–H and O–H groups in total. The molecule has 18 heavy (non-hydrogen) atoms. The summed E-state index contributed by atoms with van der Waals surface area (Å²) in [6, 6.07) is 0. The van der Waals surface area contributed by atoms with Crippen LogP contribution < -0.4 is 0 Å². The van der Waals surface area contributed by atoms with Crippen molar-refractivity contribution >= 4 is 11.6 Å². The van der Waals surface area contributed by atoms with E-state index >= 15 is 0 Å². The van der Waals surface area contributed by atoms with Crippen molar-refractivity contribution in [1.29, 1.82) is 0 Å². The summed E-state index contributed by atoms with van der Waals surface area (Å²) in [6.07, 6.45) is 1.89. The number of aryl methyl sites for hydroxylation is 2. The monoisotopic (exact) mass is 274 g/mol. The molecule has 4 nitrogen and oxygen atoms in total. The lowest BCUT2D eigenvalue weighted by molar-refractivity contribution is -0.0345. The van der Waals surface area contributed by atoms with Gasteiger partial charge in [-0.05, 0) is 19.8 Å². The van der Waals surface area contributed by atoms with Crippen molar-refractivity contribution in [2.24, 2.45) is 0 Å². The highest BCUT2D eigenvalue weighted by atomic mass is 35.5. The Kier molecular flexibility index (Phi) is 5.63. The third-order valence-electron chi connectivity index (χ3n) is 3.26. The molecule has 1 heterocycles. The smallest absolute Gasteiger partial charge is 0.0932 e. The van der Waals surface area contributed by atoms with Gasteiger partial charge in [-0.3, -0.25) is 4.68 Å². The van der Waals surface area contributed by atoms with Crippen molar-refractivity contribution in [1.82, 2.24) is 9.78 Å². The molecule has 0 aliphatic rings. The average Bonchev–Trinajstić information content (AvgIpc) is 2.66. The first-order chi connectivity index (χ1) is 8.51.